The summed E-state index contributed by atoms with van der Waals surface area (Å²) in [6.07, 6.45) is -0.668. The van der Waals surface area contributed by atoms with Crippen LogP contribution in [0.5, 0.6) is 5.75 Å². The fraction of sp³-hybridized carbons (Fsp3) is 0.238. The number of carbonyl (C=O) groups is 1. The number of aromatic amines is 1. The van der Waals surface area contributed by atoms with Crippen LogP contribution in [0.4, 0.5) is 5.69 Å². The number of carbonyl (C=O) groups excluding carboxylic acids is 1. The maximum atomic E-state index is 13.2. The summed E-state index contributed by atoms with van der Waals surface area (Å²) in [4.78, 5) is 30.7. The maximum Gasteiger partial charge on any atom is 0.325 e. The van der Waals surface area contributed by atoms with Crippen LogP contribution in [0.3, 0.4) is 0 Å². The molecule has 2 heterocycles. The molecule has 1 aliphatic heterocycles. The van der Waals surface area contributed by atoms with Crippen LogP contribution in [0.2, 0.25) is 0 Å². The fourth-order valence-corrected chi connectivity index (χ4v) is 6.48. The van der Waals surface area contributed by atoms with Crippen LogP contribution in [0, 0.1) is 7.14 Å². The van der Waals surface area contributed by atoms with Crippen LogP contribution in [0.15, 0.2) is 46.3 Å². The summed E-state index contributed by atoms with van der Waals surface area (Å²) in [5, 5.41) is 5.26. The van der Waals surface area contributed by atoms with Gasteiger partial charge in [-0.3, -0.25) is 14.6 Å². The van der Waals surface area contributed by atoms with Crippen LogP contribution in [-0.4, -0.2) is 28.9 Å². The first kappa shape index (κ1) is 22.5. The van der Waals surface area contributed by atoms with Gasteiger partial charge in [-0.05, 0) is 79.9 Å². The number of para-hydroxylation sites is 1. The van der Waals surface area contributed by atoms with Crippen molar-refractivity contribution in [1.82, 2.24) is 10.1 Å². The van der Waals surface area contributed by atoms with E-state index >= 15 is 0 Å². The molecule has 7 nitrogen and oxygen atoms in total. The molecule has 0 bridgehead atoms. The molecule has 3 aromatic rings. The van der Waals surface area contributed by atoms with Crippen molar-refractivity contribution in [2.75, 3.05) is 17.8 Å². The van der Waals surface area contributed by atoms with Gasteiger partial charge in [-0.2, -0.15) is 0 Å². The first-order valence-corrected chi connectivity index (χ1v) is 12.6. The Morgan fingerprint density at radius 1 is 1.32 bits per heavy atom. The van der Waals surface area contributed by atoms with E-state index < -0.39 is 6.17 Å². The molecule has 0 spiro atoms. The van der Waals surface area contributed by atoms with Gasteiger partial charge in [0, 0.05) is 15.6 Å². The number of rotatable bonds is 4. The van der Waals surface area contributed by atoms with Gasteiger partial charge in [-0.25, -0.2) is 4.90 Å². The van der Waals surface area contributed by atoms with Gasteiger partial charge in [0.05, 0.1) is 27.5 Å². The number of fused-ring (bicyclic) bond motifs is 3. The maximum absolute atomic E-state index is 13.2. The Morgan fingerprint density at radius 2 is 2.06 bits per heavy atom. The van der Waals surface area contributed by atoms with Crippen LogP contribution < -0.4 is 19.9 Å². The zero-order valence-corrected chi connectivity index (χ0v) is 22.1. The summed E-state index contributed by atoms with van der Waals surface area (Å²) < 4.78 is 9.31. The molecule has 1 unspecified atom stereocenters. The number of benzene rings is 2. The Morgan fingerprint density at radius 3 is 2.74 bits per heavy atom. The fourth-order valence-electron chi connectivity index (χ4n) is 3.78. The number of nitrogens with one attached hydrogen (secondary N) is 1. The molecule has 1 atom stereocenters. The highest BCUT2D eigenvalue weighted by Crippen LogP contribution is 2.41. The van der Waals surface area contributed by atoms with Crippen molar-refractivity contribution in [3.05, 3.63) is 59.5 Å². The molecular weight excluding hydrogens is 642 g/mol. The number of ether oxygens (including phenoxy) is 1. The first-order valence-electron chi connectivity index (χ1n) is 9.48. The largest absolute Gasteiger partial charge is 0.495 e. The number of hydrogen-bond donors (Lipinski definition) is 1. The topological polar surface area (TPSA) is 79.2 Å². The molecule has 160 valence electrons. The minimum Gasteiger partial charge on any atom is -0.495 e. The first-order chi connectivity index (χ1) is 14.9. The molecule has 0 aliphatic carbocycles. The molecule has 4 rings (SSSR count). The van der Waals surface area contributed by atoms with E-state index in [0.29, 0.717) is 27.9 Å². The smallest absolute Gasteiger partial charge is 0.325 e. The van der Waals surface area contributed by atoms with Gasteiger partial charge < -0.3 is 4.74 Å². The minimum absolute atomic E-state index is 0.154. The van der Waals surface area contributed by atoms with Crippen molar-refractivity contribution in [2.24, 2.45) is 0 Å². The number of amides is 1. The zero-order valence-electron chi connectivity index (χ0n) is 17.0. The van der Waals surface area contributed by atoms with Crippen LogP contribution >= 0.6 is 56.9 Å². The van der Waals surface area contributed by atoms with Gasteiger partial charge in [0.25, 0.3) is 6.17 Å². The molecule has 0 saturated carbocycles. The average molecular weight is 661 g/mol. The lowest BCUT2D eigenvalue weighted by atomic mass is 10.0. The van der Waals surface area contributed by atoms with E-state index in [1.165, 1.54) is 18.7 Å². The second-order valence-electron chi connectivity index (χ2n) is 6.78. The Bertz CT molecular complexity index is 1250. The molecule has 1 aromatic heterocycles. The molecule has 1 N–H and O–H groups in total. The highest BCUT2D eigenvalue weighted by atomic mass is 127. The quantitative estimate of drug-likeness (QED) is 0.261. The van der Waals surface area contributed by atoms with Gasteiger partial charge >= 0.3 is 11.3 Å². The molecule has 10 heteroatoms. The number of thioether (sulfide) groups is 1. The predicted octanol–water partition coefficient (Wildman–Crippen LogP) is 3.97. The molecule has 1 amide bonds. The number of methoxy groups -OCH3 is 1. The molecule has 0 saturated heterocycles. The average Bonchev–Trinajstić information content (AvgIpc) is 2.72. The summed E-state index contributed by atoms with van der Waals surface area (Å²) in [7, 11) is 1.61. The number of halogens is 2. The van der Waals surface area contributed by atoms with E-state index in [-0.39, 0.29) is 11.5 Å². The molecule has 31 heavy (non-hydrogen) atoms. The number of H-pyrrole nitrogens is 1. The van der Waals surface area contributed by atoms with Crippen LogP contribution in [-0.2, 0) is 4.79 Å². The Kier molecular flexibility index (Phi) is 6.58. The molecule has 0 radical (unpaired) electrons. The van der Waals surface area contributed by atoms with E-state index in [4.69, 9.17) is 9.84 Å². The van der Waals surface area contributed by atoms with Gasteiger partial charge in [0.15, 0.2) is 0 Å². The predicted molar refractivity (Wildman–Crippen MR) is 137 cm³/mol. The third-order valence-corrected chi connectivity index (χ3v) is 7.07. The van der Waals surface area contributed by atoms with E-state index in [1.54, 1.807) is 16.7 Å². The van der Waals surface area contributed by atoms with Crippen molar-refractivity contribution in [2.45, 2.75) is 25.2 Å². The number of aromatic nitrogens is 3. The summed E-state index contributed by atoms with van der Waals surface area (Å²) >= 11 is 5.91. The lowest BCUT2D eigenvalue weighted by Crippen LogP contribution is -2.60. The van der Waals surface area contributed by atoms with E-state index in [2.05, 4.69) is 50.2 Å². The molecule has 0 fully saturated rings. The number of anilines is 1. The summed E-state index contributed by atoms with van der Waals surface area (Å²) in [6, 6.07) is 11.4. The van der Waals surface area contributed by atoms with Crippen molar-refractivity contribution in [3.8, 4) is 17.0 Å². The Balaban J connectivity index is 2.13. The van der Waals surface area contributed by atoms with Gasteiger partial charge in [-0.1, -0.05) is 30.8 Å². The lowest BCUT2D eigenvalue weighted by molar-refractivity contribution is -0.763. The standard InChI is InChI=1S/C21H18I2N4O3S/c1-4-31-21-24-19(29)17-13-7-5-6-8-16(13)26(11(2)28)20(27(17)25-21)14-9-12(22)10-15(23)18(14)30-3/h5-10,20H,4H2,1-3H3/p+1. The van der Waals surface area contributed by atoms with Gasteiger partial charge in [0.1, 0.15) is 5.75 Å². The highest BCUT2D eigenvalue weighted by molar-refractivity contribution is 14.1. The molecular formula is C21H19I2N4O3S+. The summed E-state index contributed by atoms with van der Waals surface area (Å²) in [5.41, 5.74) is 2.26. The number of nitrogens with zero attached hydrogens (tertiary/aromatic N) is 3. The van der Waals surface area contributed by atoms with Crippen molar-refractivity contribution in [1.29, 1.82) is 0 Å². The normalized spacial score (nSPS) is 14.7. The van der Waals surface area contributed by atoms with Crippen molar-refractivity contribution >= 4 is 68.5 Å². The Hall–Kier alpha value is -1.67. The zero-order chi connectivity index (χ0) is 22.3. The second-order valence-corrected chi connectivity index (χ2v) is 10.4. The minimum atomic E-state index is -0.668. The number of hydrogen-bond acceptors (Lipinski definition) is 5. The van der Waals surface area contributed by atoms with E-state index in [9.17, 15) is 9.59 Å². The van der Waals surface area contributed by atoms with Gasteiger partial charge in [-0.15, -0.1) is 0 Å². The highest BCUT2D eigenvalue weighted by Gasteiger charge is 2.46. The van der Waals surface area contributed by atoms with Crippen LogP contribution in [0.25, 0.3) is 11.3 Å². The SMILES string of the molecule is CCSc1n[n+]2c(c(=O)[nH]1)-c1ccccc1N(C(C)=O)C2c1cc(I)cc(I)c1OC. The third kappa shape index (κ3) is 3.97. The second kappa shape index (κ2) is 9.06. The molecule has 1 aliphatic rings. The third-order valence-electron chi connectivity index (χ3n) is 4.90. The molecule has 2 aromatic carbocycles. The van der Waals surface area contributed by atoms with E-state index in [0.717, 1.165) is 18.5 Å². The van der Waals surface area contributed by atoms with Gasteiger partial charge in [0.2, 0.25) is 11.1 Å². The van der Waals surface area contributed by atoms with Crippen molar-refractivity contribution < 1.29 is 14.2 Å². The Labute approximate surface area is 210 Å². The van der Waals surface area contributed by atoms with Crippen LogP contribution in [0.1, 0.15) is 25.6 Å². The summed E-state index contributed by atoms with van der Waals surface area (Å²) in [6.45, 7) is 3.52. The van der Waals surface area contributed by atoms with E-state index in [1.807, 2.05) is 43.3 Å². The monoisotopic (exact) mass is 661 g/mol. The lowest BCUT2D eigenvalue weighted by Gasteiger charge is -2.32. The summed E-state index contributed by atoms with van der Waals surface area (Å²) in [5.74, 6) is 1.25. The van der Waals surface area contributed by atoms with Crippen molar-refractivity contribution in [3.63, 3.8) is 0 Å².